The number of aliphatic hydroxyl groups is 1. The molecule has 0 saturated heterocycles. The van der Waals surface area contributed by atoms with Crippen molar-refractivity contribution >= 4 is 5.57 Å². The van der Waals surface area contributed by atoms with E-state index in [4.69, 9.17) is 0 Å². The monoisotopic (exact) mass is 192 g/mol. The number of hydrogen-bond donors (Lipinski definition) is 1. The first kappa shape index (κ1) is 9.41. The molecule has 1 N–H and O–H groups in total. The van der Waals surface area contributed by atoms with E-state index in [1.54, 1.807) is 13.0 Å². The topological polar surface area (TPSA) is 20.2 Å². The van der Waals surface area contributed by atoms with E-state index in [1.807, 2.05) is 12.1 Å². The molecule has 74 valence electrons. The molecule has 1 nitrogen and oxygen atoms in total. The van der Waals surface area contributed by atoms with Crippen LogP contribution >= 0.6 is 0 Å². The largest absolute Gasteiger partial charge is 0.389 e. The minimum atomic E-state index is -0.324. The lowest BCUT2D eigenvalue weighted by Gasteiger charge is -2.03. The molecule has 0 heterocycles. The minimum absolute atomic E-state index is 0.173. The fourth-order valence-corrected chi connectivity index (χ4v) is 1.79. The molecule has 0 bridgehead atoms. The van der Waals surface area contributed by atoms with Crippen molar-refractivity contribution in [3.05, 3.63) is 41.2 Å². The van der Waals surface area contributed by atoms with Crippen LogP contribution in [0.15, 0.2) is 24.3 Å². The summed E-state index contributed by atoms with van der Waals surface area (Å²) in [5.74, 6) is -0.173. The molecular formula is C12H13FO. The Morgan fingerprint density at radius 1 is 1.43 bits per heavy atom. The lowest BCUT2D eigenvalue weighted by Crippen LogP contribution is -1.93. The van der Waals surface area contributed by atoms with Crippen molar-refractivity contribution in [2.24, 2.45) is 0 Å². The lowest BCUT2D eigenvalue weighted by molar-refractivity contribution is 0.223. The predicted octanol–water partition coefficient (Wildman–Crippen LogP) is 2.67. The first-order valence-corrected chi connectivity index (χ1v) is 4.82. The highest BCUT2D eigenvalue weighted by molar-refractivity contribution is 5.68. The van der Waals surface area contributed by atoms with Crippen LogP contribution in [0.1, 0.15) is 24.0 Å². The highest BCUT2D eigenvalue weighted by atomic mass is 19.1. The van der Waals surface area contributed by atoms with Crippen molar-refractivity contribution in [1.82, 2.24) is 0 Å². The van der Waals surface area contributed by atoms with E-state index in [0.29, 0.717) is 5.56 Å². The van der Waals surface area contributed by atoms with Crippen LogP contribution in [-0.4, -0.2) is 11.2 Å². The second-order valence-corrected chi connectivity index (χ2v) is 3.76. The second kappa shape index (κ2) is 3.54. The van der Waals surface area contributed by atoms with E-state index < -0.39 is 0 Å². The van der Waals surface area contributed by atoms with Crippen molar-refractivity contribution < 1.29 is 9.50 Å². The molecule has 2 rings (SSSR count). The van der Waals surface area contributed by atoms with Gasteiger partial charge in [-0.15, -0.1) is 0 Å². The van der Waals surface area contributed by atoms with Gasteiger partial charge in [0.25, 0.3) is 0 Å². The molecule has 1 aliphatic carbocycles. The van der Waals surface area contributed by atoms with Gasteiger partial charge < -0.3 is 5.11 Å². The molecule has 1 atom stereocenters. The maximum atomic E-state index is 13.0. The Bertz CT molecular complexity index is 382. The Labute approximate surface area is 82.9 Å². The van der Waals surface area contributed by atoms with Crippen molar-refractivity contribution in [2.45, 2.75) is 25.9 Å². The van der Waals surface area contributed by atoms with E-state index in [0.717, 1.165) is 24.0 Å². The van der Waals surface area contributed by atoms with E-state index in [-0.39, 0.29) is 11.9 Å². The summed E-state index contributed by atoms with van der Waals surface area (Å²) in [6.07, 6.45) is 3.19. The summed E-state index contributed by atoms with van der Waals surface area (Å²) in [5, 5.41) is 9.33. The van der Waals surface area contributed by atoms with Crippen LogP contribution in [0.3, 0.4) is 0 Å². The Kier molecular flexibility index (Phi) is 2.38. The zero-order valence-electron chi connectivity index (χ0n) is 8.13. The van der Waals surface area contributed by atoms with Crippen molar-refractivity contribution in [2.75, 3.05) is 0 Å². The Hall–Kier alpha value is -1.15. The lowest BCUT2D eigenvalue weighted by atomic mass is 10.0. The third kappa shape index (κ3) is 1.70. The maximum absolute atomic E-state index is 13.0. The minimum Gasteiger partial charge on any atom is -0.389 e. The van der Waals surface area contributed by atoms with Gasteiger partial charge in [0.1, 0.15) is 5.82 Å². The molecule has 0 spiro atoms. The van der Waals surface area contributed by atoms with Crippen LogP contribution in [0, 0.1) is 12.7 Å². The van der Waals surface area contributed by atoms with Gasteiger partial charge in [-0.1, -0.05) is 12.1 Å². The van der Waals surface area contributed by atoms with Gasteiger partial charge in [-0.25, -0.2) is 4.39 Å². The standard InChI is InChI=1S/C12H13FO/c1-8-6-9(3-5-12(8)13)10-2-4-11(14)7-10/h3,5-7,11,14H,2,4H2,1H3. The maximum Gasteiger partial charge on any atom is 0.126 e. The number of aliphatic hydroxyl groups excluding tert-OH is 1. The van der Waals surface area contributed by atoms with Gasteiger partial charge in [0.05, 0.1) is 6.10 Å². The average Bonchev–Trinajstić information content (AvgIpc) is 2.57. The van der Waals surface area contributed by atoms with E-state index in [2.05, 4.69) is 0 Å². The van der Waals surface area contributed by atoms with Crippen LogP contribution in [0.2, 0.25) is 0 Å². The second-order valence-electron chi connectivity index (χ2n) is 3.76. The van der Waals surface area contributed by atoms with Crippen LogP contribution in [0.5, 0.6) is 0 Å². The smallest absolute Gasteiger partial charge is 0.126 e. The van der Waals surface area contributed by atoms with Gasteiger partial charge in [0.2, 0.25) is 0 Å². The van der Waals surface area contributed by atoms with Gasteiger partial charge in [0, 0.05) is 0 Å². The van der Waals surface area contributed by atoms with Gasteiger partial charge >= 0.3 is 0 Å². The first-order valence-electron chi connectivity index (χ1n) is 4.82. The fraction of sp³-hybridized carbons (Fsp3) is 0.333. The Morgan fingerprint density at radius 3 is 2.79 bits per heavy atom. The molecule has 1 aromatic carbocycles. The van der Waals surface area contributed by atoms with Crippen LogP contribution in [0.4, 0.5) is 4.39 Å². The van der Waals surface area contributed by atoms with E-state index >= 15 is 0 Å². The summed E-state index contributed by atoms with van der Waals surface area (Å²) < 4.78 is 13.0. The highest BCUT2D eigenvalue weighted by Gasteiger charge is 2.14. The normalized spacial score (nSPS) is 21.1. The summed E-state index contributed by atoms with van der Waals surface area (Å²) in [6.45, 7) is 1.75. The van der Waals surface area contributed by atoms with Gasteiger partial charge in [-0.2, -0.15) is 0 Å². The molecule has 0 aliphatic heterocycles. The molecule has 1 aliphatic rings. The molecule has 14 heavy (non-hydrogen) atoms. The summed E-state index contributed by atoms with van der Waals surface area (Å²) in [5.41, 5.74) is 2.81. The van der Waals surface area contributed by atoms with Gasteiger partial charge in [-0.3, -0.25) is 0 Å². The fourth-order valence-electron chi connectivity index (χ4n) is 1.79. The van der Waals surface area contributed by atoms with Crippen molar-refractivity contribution in [3.63, 3.8) is 0 Å². The predicted molar refractivity (Wildman–Crippen MR) is 54.4 cm³/mol. The summed E-state index contributed by atoms with van der Waals surface area (Å²) in [6, 6.07) is 5.08. The van der Waals surface area contributed by atoms with Crippen LogP contribution in [-0.2, 0) is 0 Å². The third-order valence-corrected chi connectivity index (χ3v) is 2.63. The van der Waals surface area contributed by atoms with Crippen LogP contribution < -0.4 is 0 Å². The first-order chi connectivity index (χ1) is 6.66. The number of rotatable bonds is 1. The molecule has 0 saturated carbocycles. The Morgan fingerprint density at radius 2 is 2.21 bits per heavy atom. The molecule has 1 aromatic rings. The summed E-state index contributed by atoms with van der Waals surface area (Å²) in [4.78, 5) is 0. The summed E-state index contributed by atoms with van der Waals surface area (Å²) in [7, 11) is 0. The quantitative estimate of drug-likeness (QED) is 0.725. The number of hydrogen-bond acceptors (Lipinski definition) is 1. The average molecular weight is 192 g/mol. The molecule has 0 radical (unpaired) electrons. The molecular weight excluding hydrogens is 179 g/mol. The van der Waals surface area contributed by atoms with E-state index in [1.165, 1.54) is 6.07 Å². The highest BCUT2D eigenvalue weighted by Crippen LogP contribution is 2.28. The zero-order valence-corrected chi connectivity index (χ0v) is 8.13. The number of halogens is 1. The molecule has 2 heteroatoms. The third-order valence-electron chi connectivity index (χ3n) is 2.63. The molecule has 0 aromatic heterocycles. The number of benzene rings is 1. The summed E-state index contributed by atoms with van der Waals surface area (Å²) >= 11 is 0. The van der Waals surface area contributed by atoms with E-state index in [9.17, 15) is 9.50 Å². The van der Waals surface area contributed by atoms with Gasteiger partial charge in [0.15, 0.2) is 0 Å². The van der Waals surface area contributed by atoms with Gasteiger partial charge in [-0.05, 0) is 48.6 Å². The van der Waals surface area contributed by atoms with Crippen molar-refractivity contribution in [3.8, 4) is 0 Å². The SMILES string of the molecule is Cc1cc(C2=CC(O)CC2)ccc1F. The Balaban J connectivity index is 2.34. The number of aryl methyl sites for hydroxylation is 1. The molecule has 1 unspecified atom stereocenters. The zero-order chi connectivity index (χ0) is 10.1. The van der Waals surface area contributed by atoms with Crippen molar-refractivity contribution in [1.29, 1.82) is 0 Å². The molecule has 0 amide bonds. The molecule has 0 fully saturated rings. The van der Waals surface area contributed by atoms with Crippen LogP contribution in [0.25, 0.3) is 5.57 Å². The number of allylic oxidation sites excluding steroid dienone is 1.